The second-order valence-corrected chi connectivity index (χ2v) is 7.42. The highest BCUT2D eigenvalue weighted by Gasteiger charge is 2.31. The molecule has 6 heteroatoms. The molecule has 2 heterocycles. The second-order valence-electron chi connectivity index (χ2n) is 7.42. The van der Waals surface area contributed by atoms with Gasteiger partial charge in [-0.2, -0.15) is 0 Å². The predicted molar refractivity (Wildman–Crippen MR) is 105 cm³/mol. The summed E-state index contributed by atoms with van der Waals surface area (Å²) in [6, 6.07) is 17.0. The summed E-state index contributed by atoms with van der Waals surface area (Å²) < 4.78 is 30.9. The van der Waals surface area contributed by atoms with Gasteiger partial charge in [0, 0.05) is 6.20 Å². The molecule has 1 saturated heterocycles. The molecule has 1 aliphatic heterocycles. The summed E-state index contributed by atoms with van der Waals surface area (Å²) in [5.41, 5.74) is 1.56. The SMILES string of the molecule is CC(C)(O)c1ccc(C2COC(c3cccnc3Oc3ccc(F)cc3)O2)cc1. The zero-order chi connectivity index (χ0) is 20.4. The van der Waals surface area contributed by atoms with Gasteiger partial charge < -0.3 is 19.3 Å². The lowest BCUT2D eigenvalue weighted by atomic mass is 9.96. The number of halogens is 1. The van der Waals surface area contributed by atoms with E-state index in [9.17, 15) is 9.50 Å². The summed E-state index contributed by atoms with van der Waals surface area (Å²) in [4.78, 5) is 4.27. The number of benzene rings is 2. The maximum absolute atomic E-state index is 13.1. The molecule has 2 aromatic carbocycles. The highest BCUT2D eigenvalue weighted by molar-refractivity contribution is 5.34. The van der Waals surface area contributed by atoms with Crippen LogP contribution in [-0.2, 0) is 15.1 Å². The van der Waals surface area contributed by atoms with E-state index < -0.39 is 11.9 Å². The maximum Gasteiger partial charge on any atom is 0.227 e. The van der Waals surface area contributed by atoms with E-state index in [0.717, 1.165) is 11.1 Å². The van der Waals surface area contributed by atoms with Gasteiger partial charge in [-0.3, -0.25) is 0 Å². The largest absolute Gasteiger partial charge is 0.439 e. The van der Waals surface area contributed by atoms with Gasteiger partial charge in [-0.1, -0.05) is 24.3 Å². The van der Waals surface area contributed by atoms with Crippen molar-refractivity contribution in [3.8, 4) is 11.6 Å². The fraction of sp³-hybridized carbons (Fsp3) is 0.261. The molecule has 1 aromatic heterocycles. The van der Waals surface area contributed by atoms with E-state index in [1.54, 1.807) is 26.1 Å². The molecule has 5 nitrogen and oxygen atoms in total. The first-order chi connectivity index (χ1) is 13.9. The summed E-state index contributed by atoms with van der Waals surface area (Å²) in [5, 5.41) is 10.1. The summed E-state index contributed by atoms with van der Waals surface area (Å²) in [6.07, 6.45) is 0.747. The predicted octanol–water partition coefficient (Wildman–Crippen LogP) is 5.03. The molecule has 0 amide bonds. The number of hydrogen-bond acceptors (Lipinski definition) is 5. The Balaban J connectivity index is 1.50. The number of ether oxygens (including phenoxy) is 3. The van der Waals surface area contributed by atoms with Crippen molar-refractivity contribution in [2.24, 2.45) is 0 Å². The molecule has 1 fully saturated rings. The van der Waals surface area contributed by atoms with E-state index >= 15 is 0 Å². The van der Waals surface area contributed by atoms with Crippen molar-refractivity contribution in [3.63, 3.8) is 0 Å². The fourth-order valence-electron chi connectivity index (χ4n) is 3.13. The van der Waals surface area contributed by atoms with E-state index in [4.69, 9.17) is 14.2 Å². The normalized spacial score (nSPS) is 19.3. The van der Waals surface area contributed by atoms with Gasteiger partial charge >= 0.3 is 0 Å². The van der Waals surface area contributed by atoms with Crippen LogP contribution in [0.3, 0.4) is 0 Å². The van der Waals surface area contributed by atoms with Crippen LogP contribution in [0.25, 0.3) is 0 Å². The summed E-state index contributed by atoms with van der Waals surface area (Å²) in [5.74, 6) is 0.490. The Morgan fingerprint density at radius 2 is 1.79 bits per heavy atom. The summed E-state index contributed by atoms with van der Waals surface area (Å²) in [6.45, 7) is 3.88. The third-order valence-electron chi connectivity index (χ3n) is 4.76. The molecule has 2 atom stereocenters. The van der Waals surface area contributed by atoms with Crippen LogP contribution in [0, 0.1) is 5.82 Å². The van der Waals surface area contributed by atoms with Crippen LogP contribution in [0.2, 0.25) is 0 Å². The van der Waals surface area contributed by atoms with Crippen LogP contribution in [-0.4, -0.2) is 16.7 Å². The Morgan fingerprint density at radius 3 is 2.48 bits per heavy atom. The molecule has 0 saturated carbocycles. The summed E-state index contributed by atoms with van der Waals surface area (Å²) >= 11 is 0. The molecule has 0 bridgehead atoms. The number of hydrogen-bond donors (Lipinski definition) is 1. The van der Waals surface area contributed by atoms with Crippen molar-refractivity contribution >= 4 is 0 Å². The van der Waals surface area contributed by atoms with Gasteiger partial charge in [0.2, 0.25) is 5.88 Å². The van der Waals surface area contributed by atoms with Gasteiger partial charge in [-0.05, 0) is 61.4 Å². The molecule has 0 aliphatic carbocycles. The first-order valence-electron chi connectivity index (χ1n) is 9.38. The lowest BCUT2D eigenvalue weighted by molar-refractivity contribution is -0.0621. The van der Waals surface area contributed by atoms with Crippen molar-refractivity contribution in [1.82, 2.24) is 4.98 Å². The third-order valence-corrected chi connectivity index (χ3v) is 4.76. The number of aliphatic hydroxyl groups is 1. The Hall–Kier alpha value is -2.80. The van der Waals surface area contributed by atoms with Gasteiger partial charge in [0.05, 0.1) is 17.8 Å². The van der Waals surface area contributed by atoms with Crippen molar-refractivity contribution < 1.29 is 23.7 Å². The van der Waals surface area contributed by atoms with Gasteiger partial charge in [0.15, 0.2) is 6.29 Å². The van der Waals surface area contributed by atoms with Crippen LogP contribution in [0.4, 0.5) is 4.39 Å². The minimum atomic E-state index is -0.892. The molecule has 4 rings (SSSR count). The molecular weight excluding hydrogens is 373 g/mol. The number of rotatable bonds is 5. The third kappa shape index (κ3) is 4.45. The van der Waals surface area contributed by atoms with E-state index in [-0.39, 0.29) is 11.9 Å². The van der Waals surface area contributed by atoms with Crippen molar-refractivity contribution in [2.75, 3.05) is 6.61 Å². The molecule has 0 spiro atoms. The van der Waals surface area contributed by atoms with Gasteiger partial charge in [0.1, 0.15) is 17.7 Å². The van der Waals surface area contributed by atoms with Crippen LogP contribution in [0.5, 0.6) is 11.6 Å². The minimum absolute atomic E-state index is 0.241. The average Bonchev–Trinajstić information content (AvgIpc) is 3.20. The summed E-state index contributed by atoms with van der Waals surface area (Å²) in [7, 11) is 0. The van der Waals surface area contributed by atoms with Crippen LogP contribution >= 0.6 is 0 Å². The molecule has 2 unspecified atom stereocenters. The lowest BCUT2D eigenvalue weighted by Crippen LogP contribution is -2.15. The van der Waals surface area contributed by atoms with Gasteiger partial charge in [0.25, 0.3) is 0 Å². The molecule has 1 aliphatic rings. The van der Waals surface area contributed by atoms with Crippen LogP contribution in [0.15, 0.2) is 66.9 Å². The van der Waals surface area contributed by atoms with E-state index in [0.29, 0.717) is 23.8 Å². The fourth-order valence-corrected chi connectivity index (χ4v) is 3.13. The molecule has 1 N–H and O–H groups in total. The number of nitrogens with zero attached hydrogens (tertiary/aromatic N) is 1. The van der Waals surface area contributed by atoms with Gasteiger partial charge in [-0.25, -0.2) is 9.37 Å². The van der Waals surface area contributed by atoms with E-state index in [2.05, 4.69) is 4.98 Å². The quantitative estimate of drug-likeness (QED) is 0.657. The lowest BCUT2D eigenvalue weighted by Gasteiger charge is -2.19. The van der Waals surface area contributed by atoms with E-state index in [1.807, 2.05) is 30.3 Å². The van der Waals surface area contributed by atoms with Crippen molar-refractivity contribution in [3.05, 3.63) is 89.4 Å². The molecule has 29 heavy (non-hydrogen) atoms. The van der Waals surface area contributed by atoms with Crippen LogP contribution in [0.1, 0.15) is 42.9 Å². The Morgan fingerprint density at radius 1 is 1.07 bits per heavy atom. The standard InChI is InChI=1S/C23H22FNO4/c1-23(2,26)16-7-5-15(6-8-16)20-14-27-22(29-20)19-4-3-13-25-21(19)28-18-11-9-17(24)10-12-18/h3-13,20,22,26H,14H2,1-2H3. The first kappa shape index (κ1) is 19.5. The minimum Gasteiger partial charge on any atom is -0.439 e. The number of pyridine rings is 1. The maximum atomic E-state index is 13.1. The highest BCUT2D eigenvalue weighted by Crippen LogP contribution is 2.39. The molecular formula is C23H22FNO4. The molecule has 3 aromatic rings. The average molecular weight is 395 g/mol. The Bertz CT molecular complexity index is 967. The number of aromatic nitrogens is 1. The van der Waals surface area contributed by atoms with Gasteiger partial charge in [-0.15, -0.1) is 0 Å². The topological polar surface area (TPSA) is 60.8 Å². The molecule has 150 valence electrons. The second kappa shape index (κ2) is 7.91. The van der Waals surface area contributed by atoms with E-state index in [1.165, 1.54) is 24.3 Å². The Kier molecular flexibility index (Phi) is 5.32. The highest BCUT2D eigenvalue weighted by atomic mass is 19.1. The Labute approximate surface area is 168 Å². The molecule has 0 radical (unpaired) electrons. The zero-order valence-electron chi connectivity index (χ0n) is 16.2. The monoisotopic (exact) mass is 395 g/mol. The smallest absolute Gasteiger partial charge is 0.227 e. The zero-order valence-corrected chi connectivity index (χ0v) is 16.2. The first-order valence-corrected chi connectivity index (χ1v) is 9.38. The van der Waals surface area contributed by atoms with Crippen LogP contribution < -0.4 is 4.74 Å². The van der Waals surface area contributed by atoms with Crippen molar-refractivity contribution in [2.45, 2.75) is 31.8 Å². The van der Waals surface area contributed by atoms with Crippen molar-refractivity contribution in [1.29, 1.82) is 0 Å².